The Labute approximate surface area is 159 Å². The molecule has 0 unspecified atom stereocenters. The van der Waals surface area contributed by atoms with Crippen LogP contribution in [0, 0.1) is 0 Å². The van der Waals surface area contributed by atoms with E-state index >= 15 is 0 Å². The molecule has 0 aliphatic rings. The van der Waals surface area contributed by atoms with Gasteiger partial charge in [-0.2, -0.15) is 0 Å². The number of rotatable bonds is 9. The summed E-state index contributed by atoms with van der Waals surface area (Å²) in [5.74, 6) is 0.438. The van der Waals surface area contributed by atoms with E-state index in [1.807, 2.05) is 55.4 Å². The summed E-state index contributed by atoms with van der Waals surface area (Å²) in [5.41, 5.74) is 1.69. The maximum Gasteiger partial charge on any atom is 0.322 e. The molecule has 0 saturated carbocycles. The van der Waals surface area contributed by atoms with Gasteiger partial charge in [0.25, 0.3) is 0 Å². The van der Waals surface area contributed by atoms with Gasteiger partial charge in [-0.25, -0.2) is 4.79 Å². The zero-order valence-corrected chi connectivity index (χ0v) is 16.1. The van der Waals surface area contributed by atoms with Crippen LogP contribution in [-0.2, 0) is 22.5 Å². The second-order valence-corrected chi connectivity index (χ2v) is 6.52. The fourth-order valence-electron chi connectivity index (χ4n) is 2.48. The average Bonchev–Trinajstić information content (AvgIpc) is 3.11. The number of nitrogens with zero attached hydrogens (tertiary/aromatic N) is 2. The van der Waals surface area contributed by atoms with Gasteiger partial charge in [-0.05, 0) is 43.9 Å². The molecule has 0 aliphatic heterocycles. The van der Waals surface area contributed by atoms with Gasteiger partial charge in [0, 0.05) is 32.1 Å². The number of benzene rings is 1. The lowest BCUT2D eigenvalue weighted by atomic mass is 10.1. The van der Waals surface area contributed by atoms with E-state index in [0.717, 1.165) is 17.9 Å². The van der Waals surface area contributed by atoms with Crippen LogP contribution in [0.3, 0.4) is 0 Å². The van der Waals surface area contributed by atoms with Crippen LogP contribution in [0.2, 0.25) is 0 Å². The summed E-state index contributed by atoms with van der Waals surface area (Å²) in [6.45, 7) is 3.43. The van der Waals surface area contributed by atoms with E-state index in [9.17, 15) is 9.59 Å². The number of amides is 2. The predicted octanol–water partition coefficient (Wildman–Crippen LogP) is 2.98. The Hall–Kier alpha value is -2.80. The molecule has 2 rings (SSSR count). The van der Waals surface area contributed by atoms with Crippen molar-refractivity contribution in [2.24, 2.45) is 0 Å². The third-order valence-corrected chi connectivity index (χ3v) is 3.91. The minimum Gasteiger partial charge on any atom is -0.467 e. The lowest BCUT2D eigenvalue weighted by Crippen LogP contribution is -2.38. The molecule has 7 nitrogen and oxygen atoms in total. The number of esters is 1. The molecule has 1 aromatic heterocycles. The van der Waals surface area contributed by atoms with Gasteiger partial charge in [0.15, 0.2) is 0 Å². The van der Waals surface area contributed by atoms with Gasteiger partial charge in [-0.15, -0.1) is 0 Å². The number of furan rings is 1. The monoisotopic (exact) mass is 373 g/mol. The Bertz CT molecular complexity index is 729. The highest BCUT2D eigenvalue weighted by Crippen LogP contribution is 2.14. The molecule has 27 heavy (non-hydrogen) atoms. The molecule has 0 atom stereocenters. The van der Waals surface area contributed by atoms with E-state index in [-0.39, 0.29) is 12.0 Å². The molecule has 1 heterocycles. The van der Waals surface area contributed by atoms with Crippen LogP contribution in [0.4, 0.5) is 10.5 Å². The lowest BCUT2D eigenvalue weighted by molar-refractivity contribution is -0.140. The quantitative estimate of drug-likeness (QED) is 0.684. The van der Waals surface area contributed by atoms with Crippen LogP contribution >= 0.6 is 0 Å². The highest BCUT2D eigenvalue weighted by molar-refractivity contribution is 5.89. The third-order valence-electron chi connectivity index (χ3n) is 3.91. The molecule has 7 heteroatoms. The Morgan fingerprint density at radius 3 is 2.63 bits per heavy atom. The first-order chi connectivity index (χ1) is 12.9. The van der Waals surface area contributed by atoms with Crippen LogP contribution in [0.5, 0.6) is 0 Å². The highest BCUT2D eigenvalue weighted by atomic mass is 16.5. The molecule has 0 saturated heterocycles. The molecule has 0 radical (unpaired) electrons. The smallest absolute Gasteiger partial charge is 0.322 e. The average molecular weight is 373 g/mol. The highest BCUT2D eigenvalue weighted by Gasteiger charge is 2.16. The SMILES string of the molecule is CC(=O)OCCc1cccc(NC(=O)N(CCN(C)C)Cc2ccco2)c1. The minimum atomic E-state index is -0.297. The molecule has 1 aromatic carbocycles. The molecular weight excluding hydrogens is 346 g/mol. The van der Waals surface area contributed by atoms with Gasteiger partial charge in [-0.3, -0.25) is 4.79 Å². The maximum atomic E-state index is 12.8. The number of carbonyl (C=O) groups excluding carboxylic acids is 2. The van der Waals surface area contributed by atoms with Crippen molar-refractivity contribution in [1.29, 1.82) is 0 Å². The van der Waals surface area contributed by atoms with Crippen molar-refractivity contribution < 1.29 is 18.7 Å². The predicted molar refractivity (Wildman–Crippen MR) is 103 cm³/mol. The summed E-state index contributed by atoms with van der Waals surface area (Å²) in [5, 5.41) is 2.94. The number of carbonyl (C=O) groups is 2. The van der Waals surface area contributed by atoms with E-state index in [0.29, 0.717) is 31.8 Å². The zero-order valence-electron chi connectivity index (χ0n) is 16.1. The standard InChI is InChI=1S/C20H27N3O4/c1-16(24)26-13-9-17-6-4-7-18(14-17)21-20(25)23(11-10-22(2)3)15-19-8-5-12-27-19/h4-8,12,14H,9-11,13,15H2,1-3H3,(H,21,25). The summed E-state index contributed by atoms with van der Waals surface area (Å²) >= 11 is 0. The van der Waals surface area contributed by atoms with Gasteiger partial charge in [0.1, 0.15) is 5.76 Å². The van der Waals surface area contributed by atoms with Crippen molar-refractivity contribution in [3.63, 3.8) is 0 Å². The van der Waals surface area contributed by atoms with Gasteiger partial charge in [-0.1, -0.05) is 12.1 Å². The first kappa shape index (κ1) is 20.5. The zero-order chi connectivity index (χ0) is 19.6. The topological polar surface area (TPSA) is 75.0 Å². The minimum absolute atomic E-state index is 0.189. The van der Waals surface area contributed by atoms with Gasteiger partial charge in [0.05, 0.1) is 19.4 Å². The Kier molecular flexibility index (Phi) is 7.88. The van der Waals surface area contributed by atoms with Crippen LogP contribution < -0.4 is 5.32 Å². The van der Waals surface area contributed by atoms with E-state index < -0.39 is 0 Å². The fraction of sp³-hybridized carbons (Fsp3) is 0.400. The van der Waals surface area contributed by atoms with Gasteiger partial charge < -0.3 is 24.3 Å². The van der Waals surface area contributed by atoms with Crippen molar-refractivity contribution >= 4 is 17.7 Å². The maximum absolute atomic E-state index is 12.8. The summed E-state index contributed by atoms with van der Waals surface area (Å²) in [7, 11) is 3.94. The number of anilines is 1. The lowest BCUT2D eigenvalue weighted by Gasteiger charge is -2.24. The summed E-state index contributed by atoms with van der Waals surface area (Å²) in [6.07, 6.45) is 2.20. The van der Waals surface area contributed by atoms with Crippen molar-refractivity contribution in [3.8, 4) is 0 Å². The Balaban J connectivity index is 1.99. The van der Waals surface area contributed by atoms with Crippen molar-refractivity contribution in [1.82, 2.24) is 9.80 Å². The van der Waals surface area contributed by atoms with E-state index in [4.69, 9.17) is 9.15 Å². The van der Waals surface area contributed by atoms with Gasteiger partial charge >= 0.3 is 12.0 Å². The number of ether oxygens (including phenoxy) is 1. The molecule has 2 amide bonds. The van der Waals surface area contributed by atoms with Crippen molar-refractivity contribution in [3.05, 3.63) is 54.0 Å². The number of urea groups is 1. The second kappa shape index (κ2) is 10.4. The molecule has 0 fully saturated rings. The number of likely N-dealkylation sites (N-methyl/N-ethyl adjacent to an activating group) is 1. The first-order valence-electron chi connectivity index (χ1n) is 8.89. The van der Waals surface area contributed by atoms with Crippen LogP contribution in [0.1, 0.15) is 18.2 Å². The number of hydrogen-bond donors (Lipinski definition) is 1. The van der Waals surface area contributed by atoms with E-state index in [1.54, 1.807) is 11.2 Å². The van der Waals surface area contributed by atoms with Crippen LogP contribution in [-0.4, -0.2) is 55.6 Å². The Morgan fingerprint density at radius 1 is 1.15 bits per heavy atom. The molecule has 0 spiro atoms. The third kappa shape index (κ3) is 7.53. The number of hydrogen-bond acceptors (Lipinski definition) is 5. The second-order valence-electron chi connectivity index (χ2n) is 6.52. The van der Waals surface area contributed by atoms with E-state index in [2.05, 4.69) is 5.32 Å². The van der Waals surface area contributed by atoms with Crippen molar-refractivity contribution in [2.75, 3.05) is 39.1 Å². The normalized spacial score (nSPS) is 10.7. The summed E-state index contributed by atoms with van der Waals surface area (Å²) < 4.78 is 10.3. The summed E-state index contributed by atoms with van der Waals surface area (Å²) in [4.78, 5) is 27.4. The molecule has 2 aromatic rings. The van der Waals surface area contributed by atoms with Crippen LogP contribution in [0.15, 0.2) is 47.1 Å². The Morgan fingerprint density at radius 2 is 1.96 bits per heavy atom. The van der Waals surface area contributed by atoms with Gasteiger partial charge in [0.2, 0.25) is 0 Å². The largest absolute Gasteiger partial charge is 0.467 e. The molecule has 146 valence electrons. The van der Waals surface area contributed by atoms with Crippen LogP contribution in [0.25, 0.3) is 0 Å². The fourth-order valence-corrected chi connectivity index (χ4v) is 2.48. The molecular formula is C20H27N3O4. The molecule has 0 aliphatic carbocycles. The molecule has 0 bridgehead atoms. The summed E-state index contributed by atoms with van der Waals surface area (Å²) in [6, 6.07) is 11.0. The van der Waals surface area contributed by atoms with Crippen molar-refractivity contribution in [2.45, 2.75) is 19.9 Å². The molecule has 1 N–H and O–H groups in total. The first-order valence-corrected chi connectivity index (χ1v) is 8.89. The number of nitrogens with one attached hydrogen (secondary N) is 1. The van der Waals surface area contributed by atoms with E-state index in [1.165, 1.54) is 6.92 Å².